The molecule has 0 saturated carbocycles. The number of phenols is 1. The van der Waals surface area contributed by atoms with Gasteiger partial charge in [-0.15, -0.1) is 11.3 Å². The molecule has 2 N–H and O–H groups in total. The number of aromatic hydroxyl groups is 1. The van der Waals surface area contributed by atoms with Gasteiger partial charge in [0.25, 0.3) is 5.91 Å². The molecule has 1 aliphatic rings. The summed E-state index contributed by atoms with van der Waals surface area (Å²) in [6.45, 7) is -0.199. The fraction of sp³-hybridized carbons (Fsp3) is 0.0667. The summed E-state index contributed by atoms with van der Waals surface area (Å²) in [7, 11) is 0. The summed E-state index contributed by atoms with van der Waals surface area (Å²) in [6, 6.07) is 3.38. The second kappa shape index (κ2) is 8.17. The lowest BCUT2D eigenvalue weighted by molar-refractivity contribution is -0.126. The Bertz CT molecular complexity index is 932. The van der Waals surface area contributed by atoms with Gasteiger partial charge in [0.15, 0.2) is 5.13 Å². The fourth-order valence-electron chi connectivity index (χ4n) is 2.06. The third kappa shape index (κ3) is 4.34. The van der Waals surface area contributed by atoms with E-state index >= 15 is 0 Å². The Labute approximate surface area is 178 Å². The number of nitrogens with one attached hydrogen (secondary N) is 1. The Morgan fingerprint density at radius 2 is 2.19 bits per heavy atom. The van der Waals surface area contributed by atoms with Gasteiger partial charge in [0.05, 0.1) is 9.38 Å². The summed E-state index contributed by atoms with van der Waals surface area (Å²) in [6.07, 6.45) is 3.12. The second-order valence-corrected chi connectivity index (χ2v) is 9.32. The van der Waals surface area contributed by atoms with Crippen LogP contribution in [-0.2, 0) is 9.59 Å². The van der Waals surface area contributed by atoms with Crippen molar-refractivity contribution in [1.82, 2.24) is 9.88 Å². The van der Waals surface area contributed by atoms with Crippen LogP contribution in [0.2, 0.25) is 0 Å². The standard InChI is InChI=1S/C15H9Br2N3O3S3/c16-8-3-7(12(22)9(17)5-8)4-10-13(23)20(15(24)26-10)6-11(21)19-14-18-1-2-25-14/h1-5,22H,6H2,(H,18,19,21)/b10-4-. The van der Waals surface area contributed by atoms with Gasteiger partial charge in [-0.2, -0.15) is 0 Å². The van der Waals surface area contributed by atoms with E-state index in [0.717, 1.165) is 16.2 Å². The highest BCUT2D eigenvalue weighted by molar-refractivity contribution is 9.11. The van der Waals surface area contributed by atoms with Crippen molar-refractivity contribution in [3.05, 3.63) is 43.1 Å². The van der Waals surface area contributed by atoms with Gasteiger partial charge in [0.1, 0.15) is 16.6 Å². The topological polar surface area (TPSA) is 82.5 Å². The molecule has 1 saturated heterocycles. The summed E-state index contributed by atoms with van der Waals surface area (Å²) in [5.41, 5.74) is 0.457. The first-order valence-electron chi connectivity index (χ1n) is 6.98. The van der Waals surface area contributed by atoms with E-state index in [1.165, 1.54) is 16.2 Å². The predicted molar refractivity (Wildman–Crippen MR) is 114 cm³/mol. The van der Waals surface area contributed by atoms with E-state index in [4.69, 9.17) is 12.2 Å². The van der Waals surface area contributed by atoms with E-state index in [1.807, 2.05) is 0 Å². The highest BCUT2D eigenvalue weighted by atomic mass is 79.9. The van der Waals surface area contributed by atoms with Crippen molar-refractivity contribution in [1.29, 1.82) is 0 Å². The van der Waals surface area contributed by atoms with Gasteiger partial charge in [-0.25, -0.2) is 4.98 Å². The maximum Gasteiger partial charge on any atom is 0.266 e. The number of benzene rings is 1. The molecule has 0 aliphatic carbocycles. The van der Waals surface area contributed by atoms with Crippen LogP contribution in [0.4, 0.5) is 5.13 Å². The maximum atomic E-state index is 12.6. The van der Waals surface area contributed by atoms with E-state index in [2.05, 4.69) is 42.2 Å². The highest BCUT2D eigenvalue weighted by Gasteiger charge is 2.33. The fourth-order valence-corrected chi connectivity index (χ4v) is 5.11. The van der Waals surface area contributed by atoms with Crippen molar-refractivity contribution in [2.75, 3.05) is 11.9 Å². The van der Waals surface area contributed by atoms with E-state index in [0.29, 0.717) is 20.1 Å². The summed E-state index contributed by atoms with van der Waals surface area (Å²) in [5, 5.41) is 14.9. The smallest absolute Gasteiger partial charge is 0.266 e. The molecule has 2 amide bonds. The Kier molecular flexibility index (Phi) is 6.13. The van der Waals surface area contributed by atoms with Crippen molar-refractivity contribution in [3.8, 4) is 5.75 Å². The maximum absolute atomic E-state index is 12.6. The van der Waals surface area contributed by atoms with Crippen LogP contribution in [0.25, 0.3) is 6.08 Å². The van der Waals surface area contributed by atoms with E-state index in [1.54, 1.807) is 29.8 Å². The largest absolute Gasteiger partial charge is 0.506 e. The number of amides is 2. The zero-order valence-electron chi connectivity index (χ0n) is 12.7. The molecule has 1 aromatic carbocycles. The van der Waals surface area contributed by atoms with Gasteiger partial charge in [-0.05, 0) is 34.1 Å². The van der Waals surface area contributed by atoms with Gasteiger partial charge in [0.2, 0.25) is 5.91 Å². The Morgan fingerprint density at radius 3 is 2.88 bits per heavy atom. The molecule has 6 nitrogen and oxygen atoms in total. The van der Waals surface area contributed by atoms with Gasteiger partial charge in [-0.3, -0.25) is 14.5 Å². The zero-order chi connectivity index (χ0) is 18.8. The number of phenolic OH excluding ortho intramolecular Hbond substituents is 1. The SMILES string of the molecule is O=C(CN1C(=O)/C(=C/c2cc(Br)cc(Br)c2O)SC1=S)Nc1nccs1. The lowest BCUT2D eigenvalue weighted by Gasteiger charge is -2.13. The average Bonchev–Trinajstić information content (AvgIpc) is 3.16. The molecular formula is C15H9Br2N3O3S3. The molecule has 26 heavy (non-hydrogen) atoms. The minimum Gasteiger partial charge on any atom is -0.506 e. The molecule has 0 spiro atoms. The van der Waals surface area contributed by atoms with Crippen LogP contribution < -0.4 is 5.32 Å². The number of aromatic nitrogens is 1. The molecule has 1 aliphatic heterocycles. The first kappa shape index (κ1) is 19.5. The number of thiocarbonyl (C=S) groups is 1. The van der Waals surface area contributed by atoms with Crippen molar-refractivity contribution in [3.63, 3.8) is 0 Å². The molecule has 1 fully saturated rings. The first-order valence-corrected chi connectivity index (χ1v) is 10.7. The molecule has 0 unspecified atom stereocenters. The Balaban J connectivity index is 1.77. The molecule has 1 aromatic heterocycles. The minimum absolute atomic E-state index is 0.0139. The summed E-state index contributed by atoms with van der Waals surface area (Å²) in [5.74, 6) is -0.754. The second-order valence-electron chi connectivity index (χ2n) is 4.98. The average molecular weight is 535 g/mol. The lowest BCUT2D eigenvalue weighted by atomic mass is 10.2. The minimum atomic E-state index is -0.384. The number of halogens is 2. The number of carbonyl (C=O) groups is 2. The van der Waals surface area contributed by atoms with Crippen LogP contribution in [0.1, 0.15) is 5.56 Å². The molecule has 0 atom stereocenters. The van der Waals surface area contributed by atoms with E-state index in [9.17, 15) is 14.7 Å². The Morgan fingerprint density at radius 1 is 1.42 bits per heavy atom. The number of nitrogens with zero attached hydrogens (tertiary/aromatic N) is 2. The molecular weight excluding hydrogens is 526 g/mol. The number of thioether (sulfide) groups is 1. The number of anilines is 1. The van der Waals surface area contributed by atoms with Gasteiger partial charge in [-0.1, -0.05) is 39.9 Å². The molecule has 11 heteroatoms. The normalized spacial score (nSPS) is 15.8. The molecule has 3 rings (SSSR count). The van der Waals surface area contributed by atoms with E-state index in [-0.39, 0.29) is 28.4 Å². The quantitative estimate of drug-likeness (QED) is 0.451. The number of hydrogen-bond acceptors (Lipinski definition) is 7. The van der Waals surface area contributed by atoms with Gasteiger partial charge in [0, 0.05) is 21.6 Å². The highest BCUT2D eigenvalue weighted by Crippen LogP contribution is 2.37. The summed E-state index contributed by atoms with van der Waals surface area (Å²) < 4.78 is 1.52. The predicted octanol–water partition coefficient (Wildman–Crippen LogP) is 4.21. The number of hydrogen-bond donors (Lipinski definition) is 2. The first-order chi connectivity index (χ1) is 12.3. The summed E-state index contributed by atoms with van der Waals surface area (Å²) >= 11 is 14.2. The molecule has 0 radical (unpaired) electrons. The number of rotatable bonds is 4. The van der Waals surface area contributed by atoms with Crippen molar-refractivity contribution in [2.45, 2.75) is 0 Å². The number of thiazole rings is 1. The third-order valence-electron chi connectivity index (χ3n) is 3.20. The number of carbonyl (C=O) groups excluding carboxylic acids is 2. The van der Waals surface area contributed by atoms with Crippen molar-refractivity contribution in [2.24, 2.45) is 0 Å². The molecule has 2 aromatic rings. The zero-order valence-corrected chi connectivity index (χ0v) is 18.4. The van der Waals surface area contributed by atoms with Crippen LogP contribution in [-0.4, -0.2) is 37.7 Å². The van der Waals surface area contributed by atoms with Gasteiger partial charge >= 0.3 is 0 Å². The van der Waals surface area contributed by atoms with E-state index < -0.39 is 0 Å². The van der Waals surface area contributed by atoms with Crippen LogP contribution in [0.15, 0.2) is 37.6 Å². The van der Waals surface area contributed by atoms with Crippen molar-refractivity contribution < 1.29 is 14.7 Å². The van der Waals surface area contributed by atoms with Crippen molar-refractivity contribution >= 4 is 94.5 Å². The molecule has 134 valence electrons. The molecule has 2 heterocycles. The molecule has 0 bridgehead atoms. The van der Waals surface area contributed by atoms with Crippen LogP contribution in [0, 0.1) is 0 Å². The lowest BCUT2D eigenvalue weighted by Crippen LogP contribution is -2.36. The van der Waals surface area contributed by atoms with Gasteiger partial charge < -0.3 is 10.4 Å². The Hall–Kier alpha value is -1.27. The monoisotopic (exact) mass is 533 g/mol. The van der Waals surface area contributed by atoms with Crippen LogP contribution >= 0.6 is 67.2 Å². The van der Waals surface area contributed by atoms with Crippen LogP contribution in [0.5, 0.6) is 5.75 Å². The van der Waals surface area contributed by atoms with Crippen LogP contribution in [0.3, 0.4) is 0 Å². The third-order valence-corrected chi connectivity index (χ3v) is 6.33. The summed E-state index contributed by atoms with van der Waals surface area (Å²) in [4.78, 5) is 30.2.